The fourth-order valence-corrected chi connectivity index (χ4v) is 1.16. The van der Waals surface area contributed by atoms with Crippen LogP contribution in [0.4, 0.5) is 0 Å². The fourth-order valence-electron chi connectivity index (χ4n) is 1.16. The first kappa shape index (κ1) is 14.9. The molecule has 0 rings (SSSR count). The Hall–Kier alpha value is -1.10. The van der Waals surface area contributed by atoms with Crippen molar-refractivity contribution in [2.24, 2.45) is 5.92 Å². The first-order valence-electron chi connectivity index (χ1n) is 5.43. The molecule has 0 aromatic rings. The highest BCUT2D eigenvalue weighted by molar-refractivity contribution is 5.77. The number of carbonyl (C=O) groups is 2. The molecule has 94 valence electrons. The summed E-state index contributed by atoms with van der Waals surface area (Å²) in [4.78, 5) is 23.6. The van der Waals surface area contributed by atoms with Crippen molar-refractivity contribution >= 4 is 11.9 Å². The van der Waals surface area contributed by atoms with Crippen molar-refractivity contribution in [2.45, 2.75) is 33.3 Å². The highest BCUT2D eigenvalue weighted by Crippen LogP contribution is 2.01. The summed E-state index contributed by atoms with van der Waals surface area (Å²) in [7, 11) is 1.61. The Balaban J connectivity index is 3.86. The lowest BCUT2D eigenvalue weighted by molar-refractivity contribution is -0.142. The van der Waals surface area contributed by atoms with Gasteiger partial charge in [-0.15, -0.1) is 0 Å². The van der Waals surface area contributed by atoms with Crippen LogP contribution < -0.4 is 0 Å². The summed E-state index contributed by atoms with van der Waals surface area (Å²) in [5.74, 6) is -1.52. The summed E-state index contributed by atoms with van der Waals surface area (Å²) in [6, 6.07) is 0. The van der Waals surface area contributed by atoms with E-state index >= 15 is 0 Å². The summed E-state index contributed by atoms with van der Waals surface area (Å²) < 4.78 is 5.25. The largest absolute Gasteiger partial charge is 0.481 e. The number of aliphatic carboxylic acids is 1. The van der Waals surface area contributed by atoms with Gasteiger partial charge in [-0.05, 0) is 13.8 Å². The molecule has 0 heterocycles. The molecule has 16 heavy (non-hydrogen) atoms. The topological polar surface area (TPSA) is 66.8 Å². The molecule has 0 aliphatic rings. The van der Waals surface area contributed by atoms with Crippen molar-refractivity contribution in [3.05, 3.63) is 0 Å². The van der Waals surface area contributed by atoms with Gasteiger partial charge in [-0.25, -0.2) is 0 Å². The van der Waals surface area contributed by atoms with E-state index in [1.165, 1.54) is 4.90 Å². The fraction of sp³-hybridized carbons (Fsp3) is 0.818. The van der Waals surface area contributed by atoms with Crippen molar-refractivity contribution in [3.8, 4) is 0 Å². The van der Waals surface area contributed by atoms with Gasteiger partial charge < -0.3 is 14.7 Å². The van der Waals surface area contributed by atoms with Crippen molar-refractivity contribution in [3.63, 3.8) is 0 Å². The number of ether oxygens (including phenoxy) is 1. The zero-order valence-electron chi connectivity index (χ0n) is 10.4. The maximum absolute atomic E-state index is 11.5. The maximum Gasteiger partial charge on any atom is 0.308 e. The molecule has 0 bridgehead atoms. The minimum absolute atomic E-state index is 0.0891. The minimum atomic E-state index is -0.891. The SMILES string of the molecule is CC(C)OCCC(=O)N(C)CC(C)C(=O)O. The Morgan fingerprint density at radius 3 is 2.31 bits per heavy atom. The van der Waals surface area contributed by atoms with E-state index < -0.39 is 11.9 Å². The van der Waals surface area contributed by atoms with Gasteiger partial charge in [0.1, 0.15) is 0 Å². The highest BCUT2D eigenvalue weighted by Gasteiger charge is 2.17. The van der Waals surface area contributed by atoms with Gasteiger partial charge in [0, 0.05) is 13.6 Å². The molecule has 0 fully saturated rings. The van der Waals surface area contributed by atoms with Gasteiger partial charge >= 0.3 is 5.97 Å². The summed E-state index contributed by atoms with van der Waals surface area (Å²) in [5.41, 5.74) is 0. The van der Waals surface area contributed by atoms with Gasteiger partial charge in [-0.1, -0.05) is 6.92 Å². The molecule has 0 saturated carbocycles. The lowest BCUT2D eigenvalue weighted by Gasteiger charge is -2.19. The minimum Gasteiger partial charge on any atom is -0.481 e. The molecular weight excluding hydrogens is 210 g/mol. The summed E-state index contributed by atoms with van der Waals surface area (Å²) in [6.07, 6.45) is 0.400. The number of carboxylic acid groups (broad SMARTS) is 1. The average Bonchev–Trinajstić information content (AvgIpc) is 2.16. The molecule has 0 aromatic carbocycles. The predicted octanol–water partition coefficient (Wildman–Crippen LogP) is 0.981. The lowest BCUT2D eigenvalue weighted by atomic mass is 10.2. The second-order valence-electron chi connectivity index (χ2n) is 4.18. The van der Waals surface area contributed by atoms with Gasteiger partial charge in [-0.2, -0.15) is 0 Å². The molecule has 1 unspecified atom stereocenters. The van der Waals surface area contributed by atoms with Crippen molar-refractivity contribution < 1.29 is 19.4 Å². The average molecular weight is 231 g/mol. The number of hydrogen-bond acceptors (Lipinski definition) is 3. The molecule has 1 amide bonds. The molecule has 1 N–H and O–H groups in total. The normalized spacial score (nSPS) is 12.6. The van der Waals surface area contributed by atoms with Crippen LogP contribution in [0.2, 0.25) is 0 Å². The zero-order chi connectivity index (χ0) is 12.7. The van der Waals surface area contributed by atoms with Gasteiger partial charge in [0.15, 0.2) is 0 Å². The number of carbonyl (C=O) groups excluding carboxylic acids is 1. The van der Waals surface area contributed by atoms with Crippen LogP contribution >= 0.6 is 0 Å². The predicted molar refractivity (Wildman–Crippen MR) is 60.1 cm³/mol. The molecule has 5 heteroatoms. The van der Waals surface area contributed by atoms with Crippen molar-refractivity contribution in [2.75, 3.05) is 20.2 Å². The Kier molecular flexibility index (Phi) is 6.72. The van der Waals surface area contributed by atoms with Gasteiger partial charge in [-0.3, -0.25) is 9.59 Å². The van der Waals surface area contributed by atoms with Crippen LogP contribution in [0.1, 0.15) is 27.2 Å². The molecule has 0 spiro atoms. The molecule has 0 aliphatic heterocycles. The first-order chi connectivity index (χ1) is 7.34. The van der Waals surface area contributed by atoms with Crippen LogP contribution in [0.25, 0.3) is 0 Å². The Bertz CT molecular complexity index is 240. The van der Waals surface area contributed by atoms with E-state index in [1.807, 2.05) is 13.8 Å². The number of amides is 1. The number of carboxylic acids is 1. The smallest absolute Gasteiger partial charge is 0.308 e. The van der Waals surface area contributed by atoms with Crippen LogP contribution in [0.3, 0.4) is 0 Å². The van der Waals surface area contributed by atoms with Gasteiger partial charge in [0.2, 0.25) is 5.91 Å². The Morgan fingerprint density at radius 1 is 1.31 bits per heavy atom. The molecule has 0 radical (unpaired) electrons. The van der Waals surface area contributed by atoms with E-state index in [-0.39, 0.29) is 18.6 Å². The summed E-state index contributed by atoms with van der Waals surface area (Å²) in [6.45, 7) is 6.00. The maximum atomic E-state index is 11.5. The summed E-state index contributed by atoms with van der Waals surface area (Å²) in [5, 5.41) is 8.70. The molecular formula is C11H21NO4. The highest BCUT2D eigenvalue weighted by atomic mass is 16.5. The molecule has 0 saturated heterocycles. The van der Waals surface area contributed by atoms with Crippen LogP contribution in [0.5, 0.6) is 0 Å². The standard InChI is InChI=1S/C11H21NO4/c1-8(2)16-6-5-10(13)12(4)7-9(3)11(14)15/h8-9H,5-7H2,1-4H3,(H,14,15). The van der Waals surface area contributed by atoms with Gasteiger partial charge in [0.05, 0.1) is 25.0 Å². The van der Waals surface area contributed by atoms with Gasteiger partial charge in [0.25, 0.3) is 0 Å². The Morgan fingerprint density at radius 2 is 1.88 bits per heavy atom. The summed E-state index contributed by atoms with van der Waals surface area (Å²) >= 11 is 0. The second kappa shape index (κ2) is 7.22. The third-order valence-corrected chi connectivity index (χ3v) is 2.16. The van der Waals surface area contributed by atoms with E-state index in [2.05, 4.69) is 0 Å². The van der Waals surface area contributed by atoms with E-state index in [4.69, 9.17) is 9.84 Å². The quantitative estimate of drug-likeness (QED) is 0.709. The van der Waals surface area contributed by atoms with E-state index in [0.717, 1.165) is 0 Å². The molecule has 0 aliphatic carbocycles. The number of nitrogens with zero attached hydrogens (tertiary/aromatic N) is 1. The molecule has 1 atom stereocenters. The molecule has 0 aromatic heterocycles. The van der Waals surface area contributed by atoms with Crippen LogP contribution in [-0.4, -0.2) is 48.2 Å². The third kappa shape index (κ3) is 6.40. The van der Waals surface area contributed by atoms with Crippen LogP contribution in [-0.2, 0) is 14.3 Å². The monoisotopic (exact) mass is 231 g/mol. The van der Waals surface area contributed by atoms with Crippen LogP contribution in [0, 0.1) is 5.92 Å². The second-order valence-corrected chi connectivity index (χ2v) is 4.18. The van der Waals surface area contributed by atoms with Crippen LogP contribution in [0.15, 0.2) is 0 Å². The van der Waals surface area contributed by atoms with E-state index in [1.54, 1.807) is 14.0 Å². The van der Waals surface area contributed by atoms with Crippen molar-refractivity contribution in [1.82, 2.24) is 4.90 Å². The van der Waals surface area contributed by atoms with Crippen molar-refractivity contribution in [1.29, 1.82) is 0 Å². The Labute approximate surface area is 96.4 Å². The van der Waals surface area contributed by atoms with E-state index in [9.17, 15) is 9.59 Å². The van der Waals surface area contributed by atoms with E-state index in [0.29, 0.717) is 13.0 Å². The number of hydrogen-bond donors (Lipinski definition) is 1. The zero-order valence-corrected chi connectivity index (χ0v) is 10.4. The molecule has 5 nitrogen and oxygen atoms in total. The third-order valence-electron chi connectivity index (χ3n) is 2.16. The number of rotatable bonds is 7. The lowest BCUT2D eigenvalue weighted by Crippen LogP contribution is -2.34. The first-order valence-corrected chi connectivity index (χ1v) is 5.43.